The van der Waals surface area contributed by atoms with Crippen LogP contribution in [0.4, 0.5) is 0 Å². The van der Waals surface area contributed by atoms with Crippen LogP contribution in [0.2, 0.25) is 0 Å². The van der Waals surface area contributed by atoms with Crippen molar-refractivity contribution in [1.29, 1.82) is 0 Å². The zero-order chi connectivity index (χ0) is 35.6. The topological polar surface area (TPSA) is 38.7 Å². The van der Waals surface area contributed by atoms with Crippen molar-refractivity contribution in [2.75, 3.05) is 0 Å². The lowest BCUT2D eigenvalue weighted by molar-refractivity contribution is 1.18. The van der Waals surface area contributed by atoms with E-state index in [0.29, 0.717) is 5.82 Å². The molecule has 0 unspecified atom stereocenters. The summed E-state index contributed by atoms with van der Waals surface area (Å²) in [5.41, 5.74) is 10.3. The van der Waals surface area contributed by atoms with Gasteiger partial charge in [-0.3, -0.25) is 0 Å². The number of rotatable bonds is 5. The van der Waals surface area contributed by atoms with Gasteiger partial charge in [-0.25, -0.2) is 15.0 Å². The first-order valence-electron chi connectivity index (χ1n) is 18.0. The Balaban J connectivity index is 1.11. The van der Waals surface area contributed by atoms with Crippen molar-refractivity contribution in [1.82, 2.24) is 15.0 Å². The van der Waals surface area contributed by atoms with E-state index in [1.165, 1.54) is 51.3 Å². The minimum Gasteiger partial charge on any atom is -0.246 e. The van der Waals surface area contributed by atoms with Gasteiger partial charge in [-0.2, -0.15) is 0 Å². The Bertz CT molecular complexity index is 3140. The first-order chi connectivity index (χ1) is 26.8. The lowest BCUT2D eigenvalue weighted by Crippen LogP contribution is -1.96. The highest BCUT2D eigenvalue weighted by atomic mass is 32.1. The molecule has 0 atom stereocenters. The first kappa shape index (κ1) is 31.0. The number of aromatic nitrogens is 3. The van der Waals surface area contributed by atoms with Crippen LogP contribution in [0.25, 0.3) is 108 Å². The summed E-state index contributed by atoms with van der Waals surface area (Å²) in [6.45, 7) is 0. The highest BCUT2D eigenvalue weighted by molar-refractivity contribution is 7.27. The van der Waals surface area contributed by atoms with Crippen LogP contribution < -0.4 is 0 Å². The van der Waals surface area contributed by atoms with Crippen molar-refractivity contribution in [2.24, 2.45) is 0 Å². The molecule has 0 amide bonds. The fourth-order valence-corrected chi connectivity index (χ4v) is 10.2. The molecule has 0 aliphatic carbocycles. The number of nitrogens with zero attached hydrogens (tertiary/aromatic N) is 3. The van der Waals surface area contributed by atoms with Gasteiger partial charge >= 0.3 is 0 Å². The molecule has 0 N–H and O–H groups in total. The molecule has 0 fully saturated rings. The molecule has 0 spiro atoms. The minimum atomic E-state index is 0.693. The van der Waals surface area contributed by atoms with Gasteiger partial charge in [0, 0.05) is 79.1 Å². The fraction of sp³-hybridized carbons (Fsp3) is 0. The van der Waals surface area contributed by atoms with Crippen LogP contribution in [-0.2, 0) is 0 Å². The lowest BCUT2D eigenvalue weighted by Gasteiger charge is -2.13. The summed E-state index contributed by atoms with van der Waals surface area (Å²) in [6.07, 6.45) is 0. The van der Waals surface area contributed by atoms with Gasteiger partial charge in [0.2, 0.25) is 0 Å². The zero-order valence-corrected chi connectivity index (χ0v) is 30.5. The zero-order valence-electron chi connectivity index (χ0n) is 28.9. The maximum absolute atomic E-state index is 5.62. The van der Waals surface area contributed by atoms with E-state index in [1.807, 2.05) is 59.1 Å². The second-order valence-corrected chi connectivity index (χ2v) is 15.6. The van der Waals surface area contributed by atoms with Crippen LogP contribution in [0.5, 0.6) is 0 Å². The van der Waals surface area contributed by atoms with E-state index < -0.39 is 0 Å². The summed E-state index contributed by atoms with van der Waals surface area (Å²) in [5.74, 6) is 0.693. The van der Waals surface area contributed by atoms with Crippen molar-refractivity contribution < 1.29 is 0 Å². The first-order valence-corrected chi connectivity index (χ1v) is 19.7. The third-order valence-corrected chi connectivity index (χ3v) is 12.7. The molecule has 252 valence electrons. The number of pyridine rings is 1. The van der Waals surface area contributed by atoms with Crippen molar-refractivity contribution in [3.8, 4) is 56.3 Å². The van der Waals surface area contributed by atoms with E-state index >= 15 is 0 Å². The molecule has 0 aliphatic rings. The summed E-state index contributed by atoms with van der Waals surface area (Å²) < 4.78 is 5.12. The van der Waals surface area contributed by atoms with Crippen LogP contribution >= 0.6 is 22.7 Å². The molecule has 7 aromatic carbocycles. The number of thiophene rings is 2. The summed E-state index contributed by atoms with van der Waals surface area (Å²) in [5, 5.41) is 6.20. The number of hydrogen-bond donors (Lipinski definition) is 0. The quantitative estimate of drug-likeness (QED) is 0.177. The highest BCUT2D eigenvalue weighted by Gasteiger charge is 2.20. The molecule has 0 saturated heterocycles. The molecule has 4 heterocycles. The Morgan fingerprint density at radius 1 is 0.352 bits per heavy atom. The van der Waals surface area contributed by atoms with Gasteiger partial charge in [0.15, 0.2) is 5.82 Å². The molecular formula is C49H29N3S2. The SMILES string of the molecule is c1ccc(-c2cc(-c3ccccc3)nc(-c3ccc(-c4nc5c(-c6cccc7c6sc6ccccc67)cccc5c5sc6ccccc6c45)cc3)n2)cc1. The number of fused-ring (bicyclic) bond motifs is 8. The highest BCUT2D eigenvalue weighted by Crippen LogP contribution is 2.46. The molecule has 3 nitrogen and oxygen atoms in total. The molecule has 54 heavy (non-hydrogen) atoms. The van der Waals surface area contributed by atoms with Gasteiger partial charge < -0.3 is 0 Å². The van der Waals surface area contributed by atoms with Crippen LogP contribution in [-0.4, -0.2) is 15.0 Å². The van der Waals surface area contributed by atoms with Gasteiger partial charge in [0.1, 0.15) is 0 Å². The van der Waals surface area contributed by atoms with Gasteiger partial charge in [-0.05, 0) is 18.2 Å². The van der Waals surface area contributed by atoms with Crippen LogP contribution in [0.3, 0.4) is 0 Å². The Morgan fingerprint density at radius 3 is 1.59 bits per heavy atom. The number of para-hydroxylation sites is 1. The van der Waals surface area contributed by atoms with E-state index in [0.717, 1.165) is 50.4 Å². The monoisotopic (exact) mass is 723 g/mol. The molecule has 0 aliphatic heterocycles. The molecular weight excluding hydrogens is 695 g/mol. The Hall–Kier alpha value is -6.53. The third kappa shape index (κ3) is 5.05. The standard InChI is InChI=1S/C49H29N3S2/c1-3-13-30(14-4-1)40-29-41(31-15-5-2-6-16-31)51-49(50-40)33-27-25-32(26-28-33)45-44-38-18-8-10-24-43(38)54-48(44)39-22-11-19-35(46(39)52-45)37-21-12-20-36-34-17-7-9-23-42(34)53-47(36)37/h1-29H. The maximum Gasteiger partial charge on any atom is 0.160 e. The average molecular weight is 724 g/mol. The number of benzene rings is 7. The second kappa shape index (κ2) is 12.6. The molecule has 0 radical (unpaired) electrons. The predicted molar refractivity (Wildman–Crippen MR) is 230 cm³/mol. The van der Waals surface area contributed by atoms with Crippen LogP contribution in [0.15, 0.2) is 176 Å². The molecule has 4 aromatic heterocycles. The van der Waals surface area contributed by atoms with Crippen molar-refractivity contribution >= 4 is 73.9 Å². The summed E-state index contributed by atoms with van der Waals surface area (Å²) in [7, 11) is 0. The molecule has 5 heteroatoms. The van der Waals surface area contributed by atoms with Gasteiger partial charge in [-0.15, -0.1) is 22.7 Å². The van der Waals surface area contributed by atoms with E-state index in [1.54, 1.807) is 0 Å². The Morgan fingerprint density at radius 2 is 0.889 bits per heavy atom. The molecule has 11 aromatic rings. The normalized spacial score (nSPS) is 11.7. The van der Waals surface area contributed by atoms with Crippen LogP contribution in [0, 0.1) is 0 Å². The van der Waals surface area contributed by atoms with E-state index in [9.17, 15) is 0 Å². The largest absolute Gasteiger partial charge is 0.246 e. The van der Waals surface area contributed by atoms with Gasteiger partial charge in [-0.1, -0.05) is 158 Å². The summed E-state index contributed by atoms with van der Waals surface area (Å²) in [6, 6.07) is 62.2. The fourth-order valence-electron chi connectivity index (χ4n) is 7.74. The predicted octanol–water partition coefficient (Wildman–Crippen LogP) is 14.1. The average Bonchev–Trinajstić information content (AvgIpc) is 3.83. The van der Waals surface area contributed by atoms with Gasteiger partial charge in [0.25, 0.3) is 0 Å². The van der Waals surface area contributed by atoms with E-state index in [4.69, 9.17) is 15.0 Å². The van der Waals surface area contributed by atoms with Crippen molar-refractivity contribution in [3.05, 3.63) is 176 Å². The van der Waals surface area contributed by atoms with Crippen molar-refractivity contribution in [3.63, 3.8) is 0 Å². The summed E-state index contributed by atoms with van der Waals surface area (Å²) >= 11 is 3.71. The molecule has 0 bridgehead atoms. The molecule has 11 rings (SSSR count). The van der Waals surface area contributed by atoms with E-state index in [-0.39, 0.29) is 0 Å². The third-order valence-electron chi connectivity index (χ3n) is 10.3. The number of hydrogen-bond acceptors (Lipinski definition) is 5. The second-order valence-electron chi connectivity index (χ2n) is 13.5. The Kier molecular flexibility index (Phi) is 7.22. The summed E-state index contributed by atoms with van der Waals surface area (Å²) in [4.78, 5) is 15.8. The molecule has 0 saturated carbocycles. The Labute approximate surface area is 319 Å². The minimum absolute atomic E-state index is 0.693. The smallest absolute Gasteiger partial charge is 0.160 e. The maximum atomic E-state index is 5.62. The van der Waals surface area contributed by atoms with Crippen LogP contribution in [0.1, 0.15) is 0 Å². The van der Waals surface area contributed by atoms with Gasteiger partial charge in [0.05, 0.1) is 22.6 Å². The van der Waals surface area contributed by atoms with Crippen molar-refractivity contribution in [2.45, 2.75) is 0 Å². The lowest BCUT2D eigenvalue weighted by atomic mass is 9.97. The van der Waals surface area contributed by atoms with E-state index in [2.05, 4.69) is 140 Å².